The summed E-state index contributed by atoms with van der Waals surface area (Å²) in [5.74, 6) is 0. The summed E-state index contributed by atoms with van der Waals surface area (Å²) in [5, 5.41) is 8.96. The second kappa shape index (κ2) is 5.21. The second-order valence-corrected chi connectivity index (χ2v) is 3.59. The zero-order valence-corrected chi connectivity index (χ0v) is 9.33. The Bertz CT molecular complexity index is 388. The number of para-hydroxylation sites is 1. The summed E-state index contributed by atoms with van der Waals surface area (Å²) in [6, 6.07) is 9.82. The third-order valence-corrected chi connectivity index (χ3v) is 2.40. The van der Waals surface area contributed by atoms with Crippen LogP contribution in [-0.2, 0) is 0 Å². The van der Waals surface area contributed by atoms with Gasteiger partial charge in [-0.25, -0.2) is 0 Å². The SMILES string of the molecule is C=C(CC)CN(C)c1ccccc1C#N. The highest BCUT2D eigenvalue weighted by molar-refractivity contribution is 5.59. The van der Waals surface area contributed by atoms with Gasteiger partial charge in [-0.15, -0.1) is 0 Å². The number of rotatable bonds is 4. The first-order valence-electron chi connectivity index (χ1n) is 5.06. The molecule has 0 aliphatic heterocycles. The van der Waals surface area contributed by atoms with E-state index in [0.29, 0.717) is 5.56 Å². The van der Waals surface area contributed by atoms with Gasteiger partial charge in [0, 0.05) is 13.6 Å². The van der Waals surface area contributed by atoms with Crippen molar-refractivity contribution in [3.63, 3.8) is 0 Å². The van der Waals surface area contributed by atoms with Crippen molar-refractivity contribution < 1.29 is 0 Å². The lowest BCUT2D eigenvalue weighted by molar-refractivity contribution is 0.930. The molecule has 0 amide bonds. The van der Waals surface area contributed by atoms with Crippen molar-refractivity contribution in [3.05, 3.63) is 42.0 Å². The van der Waals surface area contributed by atoms with E-state index in [4.69, 9.17) is 5.26 Å². The molecule has 0 saturated heterocycles. The molecule has 0 atom stereocenters. The minimum Gasteiger partial charge on any atom is -0.370 e. The largest absolute Gasteiger partial charge is 0.370 e. The van der Waals surface area contributed by atoms with Crippen molar-refractivity contribution in [2.75, 3.05) is 18.5 Å². The topological polar surface area (TPSA) is 27.0 Å². The average Bonchev–Trinajstić information content (AvgIpc) is 2.28. The molecule has 0 aliphatic carbocycles. The number of likely N-dealkylation sites (N-methyl/N-ethyl adjacent to an activating group) is 1. The third-order valence-electron chi connectivity index (χ3n) is 2.40. The Morgan fingerprint density at radius 1 is 1.47 bits per heavy atom. The highest BCUT2D eigenvalue weighted by atomic mass is 15.1. The number of benzene rings is 1. The number of anilines is 1. The van der Waals surface area contributed by atoms with Gasteiger partial charge in [0.2, 0.25) is 0 Å². The maximum Gasteiger partial charge on any atom is 0.101 e. The standard InChI is InChI=1S/C13H16N2/c1-4-11(2)10-15(3)13-8-6-5-7-12(13)9-14/h5-8H,2,4,10H2,1,3H3. The third kappa shape index (κ3) is 2.85. The minimum atomic E-state index is 0.712. The minimum absolute atomic E-state index is 0.712. The fourth-order valence-electron chi connectivity index (χ4n) is 1.43. The smallest absolute Gasteiger partial charge is 0.101 e. The summed E-state index contributed by atoms with van der Waals surface area (Å²) in [5.41, 5.74) is 2.85. The molecular formula is C13H16N2. The van der Waals surface area contributed by atoms with Gasteiger partial charge >= 0.3 is 0 Å². The van der Waals surface area contributed by atoms with Crippen LogP contribution in [0.4, 0.5) is 5.69 Å². The lowest BCUT2D eigenvalue weighted by Gasteiger charge is -2.21. The van der Waals surface area contributed by atoms with E-state index in [9.17, 15) is 0 Å². The molecule has 0 radical (unpaired) electrons. The predicted octanol–water partition coefficient (Wildman–Crippen LogP) is 2.96. The first-order valence-corrected chi connectivity index (χ1v) is 5.06. The monoisotopic (exact) mass is 200 g/mol. The van der Waals surface area contributed by atoms with E-state index in [0.717, 1.165) is 18.7 Å². The lowest BCUT2D eigenvalue weighted by atomic mass is 10.1. The van der Waals surface area contributed by atoms with E-state index in [2.05, 4.69) is 24.5 Å². The van der Waals surface area contributed by atoms with Gasteiger partial charge in [-0.05, 0) is 18.6 Å². The zero-order chi connectivity index (χ0) is 11.3. The molecule has 1 aromatic carbocycles. The van der Waals surface area contributed by atoms with E-state index >= 15 is 0 Å². The molecule has 0 saturated carbocycles. The molecule has 0 aliphatic rings. The van der Waals surface area contributed by atoms with Crippen molar-refractivity contribution in [2.24, 2.45) is 0 Å². The van der Waals surface area contributed by atoms with E-state index in [1.165, 1.54) is 5.57 Å². The lowest BCUT2D eigenvalue weighted by Crippen LogP contribution is -2.20. The van der Waals surface area contributed by atoms with Gasteiger partial charge in [0.25, 0.3) is 0 Å². The Morgan fingerprint density at radius 2 is 2.13 bits per heavy atom. The highest BCUT2D eigenvalue weighted by Gasteiger charge is 2.06. The van der Waals surface area contributed by atoms with Crippen molar-refractivity contribution >= 4 is 5.69 Å². The number of nitriles is 1. The molecule has 0 spiro atoms. The Labute approximate surface area is 91.4 Å². The number of hydrogen-bond donors (Lipinski definition) is 0. The Balaban J connectivity index is 2.87. The van der Waals surface area contributed by atoms with Crippen LogP contribution >= 0.6 is 0 Å². The van der Waals surface area contributed by atoms with Crippen molar-refractivity contribution in [3.8, 4) is 6.07 Å². The van der Waals surface area contributed by atoms with Gasteiger partial charge in [-0.3, -0.25) is 0 Å². The highest BCUT2D eigenvalue weighted by Crippen LogP contribution is 2.19. The molecule has 1 rings (SSSR count). The van der Waals surface area contributed by atoms with Crippen LogP contribution in [0.5, 0.6) is 0 Å². The molecule has 0 heterocycles. The van der Waals surface area contributed by atoms with E-state index in [-0.39, 0.29) is 0 Å². The second-order valence-electron chi connectivity index (χ2n) is 3.59. The van der Waals surface area contributed by atoms with Gasteiger partial charge < -0.3 is 4.90 Å². The molecule has 0 fully saturated rings. The maximum atomic E-state index is 8.96. The van der Waals surface area contributed by atoms with Crippen LogP contribution in [0.2, 0.25) is 0 Å². The molecule has 0 bridgehead atoms. The Hall–Kier alpha value is -1.75. The molecule has 2 nitrogen and oxygen atoms in total. The molecule has 15 heavy (non-hydrogen) atoms. The molecule has 78 valence electrons. The molecule has 0 aromatic heterocycles. The first-order chi connectivity index (χ1) is 7.19. The van der Waals surface area contributed by atoms with Crippen molar-refractivity contribution in [1.82, 2.24) is 0 Å². The summed E-state index contributed by atoms with van der Waals surface area (Å²) >= 11 is 0. The van der Waals surface area contributed by atoms with Crippen molar-refractivity contribution in [1.29, 1.82) is 5.26 Å². The van der Waals surface area contributed by atoms with Crippen LogP contribution in [0.3, 0.4) is 0 Å². The Kier molecular flexibility index (Phi) is 3.93. The van der Waals surface area contributed by atoms with Gasteiger partial charge in [0.15, 0.2) is 0 Å². The van der Waals surface area contributed by atoms with Crippen LogP contribution < -0.4 is 4.90 Å². The van der Waals surface area contributed by atoms with Gasteiger partial charge in [-0.2, -0.15) is 5.26 Å². The molecule has 1 aromatic rings. The van der Waals surface area contributed by atoms with Crippen LogP contribution in [0.25, 0.3) is 0 Å². The summed E-state index contributed by atoms with van der Waals surface area (Å²) in [7, 11) is 1.98. The van der Waals surface area contributed by atoms with Gasteiger partial charge in [0.1, 0.15) is 6.07 Å². The van der Waals surface area contributed by atoms with Gasteiger partial charge in [-0.1, -0.05) is 31.2 Å². The summed E-state index contributed by atoms with van der Waals surface area (Å²) in [4.78, 5) is 2.06. The van der Waals surface area contributed by atoms with Crippen LogP contribution in [-0.4, -0.2) is 13.6 Å². The first kappa shape index (κ1) is 11.3. The molecular weight excluding hydrogens is 184 g/mol. The predicted molar refractivity (Wildman–Crippen MR) is 63.9 cm³/mol. The van der Waals surface area contributed by atoms with Crippen molar-refractivity contribution in [2.45, 2.75) is 13.3 Å². The quantitative estimate of drug-likeness (QED) is 0.699. The average molecular weight is 200 g/mol. The summed E-state index contributed by atoms with van der Waals surface area (Å²) < 4.78 is 0. The van der Waals surface area contributed by atoms with Crippen LogP contribution in [0.1, 0.15) is 18.9 Å². The van der Waals surface area contributed by atoms with Crippen LogP contribution in [0.15, 0.2) is 36.4 Å². The maximum absolute atomic E-state index is 8.96. The van der Waals surface area contributed by atoms with E-state index < -0.39 is 0 Å². The normalized spacial score (nSPS) is 9.40. The fourth-order valence-corrected chi connectivity index (χ4v) is 1.43. The summed E-state index contributed by atoms with van der Waals surface area (Å²) in [6.45, 7) is 6.86. The van der Waals surface area contributed by atoms with Crippen LogP contribution in [0, 0.1) is 11.3 Å². The van der Waals surface area contributed by atoms with E-state index in [1.807, 2.05) is 31.3 Å². The fraction of sp³-hybridized carbons (Fsp3) is 0.308. The number of hydrogen-bond acceptors (Lipinski definition) is 2. The number of nitrogens with zero attached hydrogens (tertiary/aromatic N) is 2. The molecule has 0 N–H and O–H groups in total. The van der Waals surface area contributed by atoms with Gasteiger partial charge in [0.05, 0.1) is 11.3 Å². The molecule has 0 unspecified atom stereocenters. The molecule has 2 heteroatoms. The summed E-state index contributed by atoms with van der Waals surface area (Å²) in [6.07, 6.45) is 0.971. The van der Waals surface area contributed by atoms with E-state index in [1.54, 1.807) is 0 Å². The zero-order valence-electron chi connectivity index (χ0n) is 9.33. The Morgan fingerprint density at radius 3 is 2.73 bits per heavy atom.